The van der Waals surface area contributed by atoms with E-state index in [0.29, 0.717) is 0 Å². The molecule has 2 aromatic carbocycles. The Morgan fingerprint density at radius 1 is 0.763 bits per heavy atom. The smallest absolute Gasteiger partial charge is 0.493 e. The van der Waals surface area contributed by atoms with Crippen LogP contribution in [0.25, 0.3) is 16.9 Å². The Labute approximate surface area is 244 Å². The van der Waals surface area contributed by atoms with Gasteiger partial charge in [-0.2, -0.15) is 0 Å². The first-order chi connectivity index (χ1) is 18.0. The zero-order valence-electron chi connectivity index (χ0n) is 24.0. The first kappa shape index (κ1) is 35.2. The molecule has 0 fully saturated rings. The molecule has 0 amide bonds. The van der Waals surface area contributed by atoms with Gasteiger partial charge in [0, 0.05) is 22.8 Å². The van der Waals surface area contributed by atoms with Gasteiger partial charge in [-0.3, -0.25) is 0 Å². The molecule has 0 spiro atoms. The van der Waals surface area contributed by atoms with Gasteiger partial charge in [0.05, 0.1) is 0 Å². The van der Waals surface area contributed by atoms with Gasteiger partial charge in [0.15, 0.2) is 0 Å². The molecule has 1 heterocycles. The minimum absolute atomic E-state index is 0. The SMILES string of the molecule is C=C[CH2-].C=C[CH2-].CCCCCCc1ccc(C2=C(CCCCC)C=C(c3cccc(CC)c3)[N+]2=[N-])cc1.[Ni+2]. The number of rotatable bonds is 12. The second-order valence-corrected chi connectivity index (χ2v) is 9.31. The largest absolute Gasteiger partial charge is 2.00 e. The Morgan fingerprint density at radius 3 is 1.92 bits per heavy atom. The monoisotopic (exact) mass is 554 g/mol. The van der Waals surface area contributed by atoms with Gasteiger partial charge in [-0.05, 0) is 67.5 Å². The van der Waals surface area contributed by atoms with Crippen molar-refractivity contribution in [3.63, 3.8) is 0 Å². The molecule has 2 nitrogen and oxygen atoms in total. The van der Waals surface area contributed by atoms with E-state index < -0.39 is 0 Å². The van der Waals surface area contributed by atoms with E-state index in [2.05, 4.69) is 102 Å². The average Bonchev–Trinajstić information content (AvgIpc) is 3.24. The molecule has 1 aliphatic heterocycles. The standard InChI is InChI=1S/C29H38N2.2C3H5.Ni/c1-4-7-9-11-13-24-17-19-25(20-18-24)29-27(15-10-8-5-2)22-28(31(29)30)26-16-12-14-23(6-3)21-26;2*1-3-2;/h12,14,16-22H,4-11,13,15H2,1-3H3;2*3H,1-2H2;/q;2*-1;+2. The van der Waals surface area contributed by atoms with Crippen molar-refractivity contribution >= 4 is 11.4 Å². The summed E-state index contributed by atoms with van der Waals surface area (Å²) in [6.45, 7) is 19.7. The summed E-state index contributed by atoms with van der Waals surface area (Å²) in [7, 11) is 0. The second kappa shape index (κ2) is 21.2. The quantitative estimate of drug-likeness (QED) is 0.108. The fraction of sp³-hybridized carbons (Fsp3) is 0.371. The van der Waals surface area contributed by atoms with Crippen LogP contribution in [0.4, 0.5) is 0 Å². The minimum atomic E-state index is 0. The first-order valence-corrected chi connectivity index (χ1v) is 13.9. The number of hydrogen-bond acceptors (Lipinski definition) is 0. The van der Waals surface area contributed by atoms with Gasteiger partial charge in [0.25, 0.3) is 0 Å². The predicted molar refractivity (Wildman–Crippen MR) is 164 cm³/mol. The Kier molecular flexibility index (Phi) is 19.7. The van der Waals surface area contributed by atoms with Crippen LogP contribution in [0.2, 0.25) is 0 Å². The van der Waals surface area contributed by atoms with E-state index in [0.717, 1.165) is 48.2 Å². The maximum Gasteiger partial charge on any atom is 2.00 e. The number of hydrogen-bond donors (Lipinski definition) is 0. The molecule has 0 aromatic heterocycles. The van der Waals surface area contributed by atoms with Crippen molar-refractivity contribution in [3.8, 4) is 0 Å². The van der Waals surface area contributed by atoms with E-state index in [-0.39, 0.29) is 16.5 Å². The van der Waals surface area contributed by atoms with Gasteiger partial charge >= 0.3 is 16.5 Å². The van der Waals surface area contributed by atoms with Crippen molar-refractivity contribution in [3.05, 3.63) is 127 Å². The molecular weight excluding hydrogens is 507 g/mol. The summed E-state index contributed by atoms with van der Waals surface area (Å²) in [5, 5.41) is 0. The van der Waals surface area contributed by atoms with Crippen molar-refractivity contribution in [1.82, 2.24) is 0 Å². The molecule has 1 aliphatic rings. The molecule has 0 radical (unpaired) electrons. The van der Waals surface area contributed by atoms with Gasteiger partial charge in [-0.1, -0.05) is 77.1 Å². The second-order valence-electron chi connectivity index (χ2n) is 9.31. The number of nitrogens with zero attached hydrogens (tertiary/aromatic N) is 2. The third-order valence-electron chi connectivity index (χ3n) is 6.28. The summed E-state index contributed by atoms with van der Waals surface area (Å²) in [5.41, 5.74) is 19.2. The fourth-order valence-corrected chi connectivity index (χ4v) is 4.36. The maximum absolute atomic E-state index is 11.2. The molecular formula is C35H48N2Ni. The predicted octanol–water partition coefficient (Wildman–Crippen LogP) is 10.8. The van der Waals surface area contributed by atoms with E-state index in [1.807, 2.05) is 0 Å². The first-order valence-electron chi connectivity index (χ1n) is 13.9. The summed E-state index contributed by atoms with van der Waals surface area (Å²) in [6.07, 6.45) is 17.0. The summed E-state index contributed by atoms with van der Waals surface area (Å²) >= 11 is 0. The van der Waals surface area contributed by atoms with Crippen LogP contribution in [0.3, 0.4) is 0 Å². The molecule has 38 heavy (non-hydrogen) atoms. The van der Waals surface area contributed by atoms with Crippen LogP contribution in [-0.4, -0.2) is 4.70 Å². The van der Waals surface area contributed by atoms with E-state index in [4.69, 9.17) is 0 Å². The minimum Gasteiger partial charge on any atom is -0.493 e. The van der Waals surface area contributed by atoms with Gasteiger partial charge in [0.1, 0.15) is 0 Å². The molecule has 0 atom stereocenters. The van der Waals surface area contributed by atoms with Crippen LogP contribution in [0.5, 0.6) is 0 Å². The summed E-state index contributed by atoms with van der Waals surface area (Å²) in [4.78, 5) is 0. The van der Waals surface area contributed by atoms with Crippen LogP contribution in [0.1, 0.15) is 94.4 Å². The van der Waals surface area contributed by atoms with Gasteiger partial charge in [-0.15, -0.1) is 0 Å². The molecule has 0 aliphatic carbocycles. The number of benzene rings is 2. The topological polar surface area (TPSA) is 25.3 Å². The normalized spacial score (nSPS) is 11.9. The number of aryl methyl sites for hydroxylation is 2. The Balaban J connectivity index is 0.00000179. The van der Waals surface area contributed by atoms with Crippen molar-refractivity contribution in [2.24, 2.45) is 0 Å². The maximum atomic E-state index is 11.2. The Hall–Kier alpha value is -2.77. The molecule has 3 rings (SSSR count). The van der Waals surface area contributed by atoms with Crippen LogP contribution >= 0.6 is 0 Å². The van der Waals surface area contributed by atoms with Crippen LogP contribution in [0.15, 0.2) is 85.5 Å². The van der Waals surface area contributed by atoms with E-state index in [1.54, 1.807) is 0 Å². The number of unbranched alkanes of at least 4 members (excludes halogenated alkanes) is 5. The van der Waals surface area contributed by atoms with Crippen molar-refractivity contribution in [2.45, 2.75) is 85.0 Å². The summed E-state index contributed by atoms with van der Waals surface area (Å²) in [6, 6.07) is 17.4. The van der Waals surface area contributed by atoms with Crippen LogP contribution < -0.4 is 0 Å². The van der Waals surface area contributed by atoms with Crippen molar-refractivity contribution in [2.75, 3.05) is 0 Å². The third kappa shape index (κ3) is 11.7. The van der Waals surface area contributed by atoms with Gasteiger partial charge in [-0.25, -0.2) is 43.9 Å². The van der Waals surface area contributed by atoms with Crippen molar-refractivity contribution < 1.29 is 21.2 Å². The molecule has 0 saturated carbocycles. The average molecular weight is 555 g/mol. The fourth-order valence-electron chi connectivity index (χ4n) is 4.36. The zero-order valence-corrected chi connectivity index (χ0v) is 24.9. The third-order valence-corrected chi connectivity index (χ3v) is 6.28. The van der Waals surface area contributed by atoms with E-state index in [1.165, 1.54) is 72.1 Å². The molecule has 208 valence electrons. The Morgan fingerprint density at radius 2 is 1.34 bits per heavy atom. The van der Waals surface area contributed by atoms with Gasteiger partial charge in [0.2, 0.25) is 11.4 Å². The molecule has 0 unspecified atom stereocenters. The number of allylic oxidation sites excluding steroid dienone is 4. The van der Waals surface area contributed by atoms with E-state index in [9.17, 15) is 5.53 Å². The van der Waals surface area contributed by atoms with Crippen LogP contribution in [-0.2, 0) is 29.3 Å². The molecule has 3 heteroatoms. The molecule has 0 bridgehead atoms. The van der Waals surface area contributed by atoms with Crippen LogP contribution in [0, 0.1) is 13.8 Å². The Bertz CT molecular complexity index is 1020. The molecule has 0 N–H and O–H groups in total. The summed E-state index contributed by atoms with van der Waals surface area (Å²) in [5.74, 6) is 0. The zero-order chi connectivity index (χ0) is 27.5. The van der Waals surface area contributed by atoms with Crippen molar-refractivity contribution in [1.29, 1.82) is 0 Å². The molecule has 2 aromatic rings. The summed E-state index contributed by atoms with van der Waals surface area (Å²) < 4.78 is 1.42. The van der Waals surface area contributed by atoms with Gasteiger partial charge < -0.3 is 5.53 Å². The van der Waals surface area contributed by atoms with E-state index >= 15 is 0 Å². The molecule has 0 saturated heterocycles.